The molecular weight excluding hydrogens is 278 g/mol. The van der Waals surface area contributed by atoms with Gasteiger partial charge in [-0.3, -0.25) is 0 Å². The molecule has 86 valence electrons. The lowest BCUT2D eigenvalue weighted by Gasteiger charge is -2.16. The molecule has 0 bridgehead atoms. The third kappa shape index (κ3) is 3.17. The van der Waals surface area contributed by atoms with E-state index in [-0.39, 0.29) is 18.2 Å². The second-order valence-electron chi connectivity index (χ2n) is 3.36. The van der Waals surface area contributed by atoms with Gasteiger partial charge in [-0.2, -0.15) is 5.26 Å². The van der Waals surface area contributed by atoms with Crippen LogP contribution in [0, 0.1) is 23.0 Å². The molecule has 0 spiro atoms. The highest BCUT2D eigenvalue weighted by molar-refractivity contribution is 9.10. The van der Waals surface area contributed by atoms with Crippen molar-refractivity contribution in [3.63, 3.8) is 0 Å². The summed E-state index contributed by atoms with van der Waals surface area (Å²) in [5, 5.41) is 11.2. The molecule has 1 atom stereocenters. The third-order valence-electron chi connectivity index (χ3n) is 2.19. The first-order valence-electron chi connectivity index (χ1n) is 4.86. The Bertz CT molecular complexity index is 392. The van der Waals surface area contributed by atoms with Crippen molar-refractivity contribution >= 4 is 21.6 Å². The van der Waals surface area contributed by atoms with Crippen LogP contribution in [0.5, 0.6) is 0 Å². The summed E-state index contributed by atoms with van der Waals surface area (Å²) in [5.74, 6) is -1.33. The van der Waals surface area contributed by atoms with Gasteiger partial charge in [-0.05, 0) is 18.6 Å². The van der Waals surface area contributed by atoms with Gasteiger partial charge < -0.3 is 5.32 Å². The molecule has 1 aromatic carbocycles. The lowest BCUT2D eigenvalue weighted by Crippen LogP contribution is -2.19. The molecule has 1 aromatic rings. The number of hydrogen-bond donors (Lipinski definition) is 1. The smallest absolute Gasteiger partial charge is 0.150 e. The summed E-state index contributed by atoms with van der Waals surface area (Å²) in [6.07, 6.45) is 0.841. The molecule has 0 aliphatic heterocycles. The standard InChI is InChI=1S/C11H11BrF2N2/c1-2-8(3-4-15)16-11-9(13)5-7(12)6-10(11)14/h5-6,8,16H,2-3H2,1H3. The van der Waals surface area contributed by atoms with Gasteiger partial charge in [-0.15, -0.1) is 0 Å². The molecule has 0 fully saturated rings. The molecule has 0 saturated heterocycles. The van der Waals surface area contributed by atoms with Crippen LogP contribution in [0.2, 0.25) is 0 Å². The van der Waals surface area contributed by atoms with Crippen LogP contribution in [-0.4, -0.2) is 6.04 Å². The molecule has 16 heavy (non-hydrogen) atoms. The van der Waals surface area contributed by atoms with Crippen LogP contribution in [0.15, 0.2) is 16.6 Å². The van der Waals surface area contributed by atoms with Crippen LogP contribution in [-0.2, 0) is 0 Å². The Morgan fingerprint density at radius 3 is 2.44 bits per heavy atom. The van der Waals surface area contributed by atoms with Gasteiger partial charge in [0.1, 0.15) is 17.3 Å². The lowest BCUT2D eigenvalue weighted by molar-refractivity contribution is 0.577. The van der Waals surface area contributed by atoms with E-state index < -0.39 is 11.6 Å². The van der Waals surface area contributed by atoms with Crippen molar-refractivity contribution in [3.05, 3.63) is 28.2 Å². The van der Waals surface area contributed by atoms with E-state index in [4.69, 9.17) is 5.26 Å². The number of anilines is 1. The first-order chi connectivity index (χ1) is 7.58. The van der Waals surface area contributed by atoms with Gasteiger partial charge >= 0.3 is 0 Å². The van der Waals surface area contributed by atoms with E-state index in [1.54, 1.807) is 0 Å². The predicted molar refractivity (Wildman–Crippen MR) is 62.0 cm³/mol. The minimum absolute atomic E-state index is 0.176. The van der Waals surface area contributed by atoms with E-state index in [9.17, 15) is 8.78 Å². The van der Waals surface area contributed by atoms with Gasteiger partial charge in [0, 0.05) is 10.5 Å². The van der Waals surface area contributed by atoms with Crippen LogP contribution in [0.3, 0.4) is 0 Å². The zero-order valence-corrected chi connectivity index (χ0v) is 10.3. The van der Waals surface area contributed by atoms with Crippen molar-refractivity contribution in [1.29, 1.82) is 5.26 Å². The lowest BCUT2D eigenvalue weighted by atomic mass is 10.1. The summed E-state index contributed by atoms with van der Waals surface area (Å²) < 4.78 is 27.2. The number of hydrogen-bond acceptors (Lipinski definition) is 2. The van der Waals surface area contributed by atoms with E-state index in [2.05, 4.69) is 21.2 Å². The molecule has 0 amide bonds. The zero-order valence-electron chi connectivity index (χ0n) is 8.73. The zero-order chi connectivity index (χ0) is 12.1. The van der Waals surface area contributed by atoms with Crippen LogP contribution in [0.4, 0.5) is 14.5 Å². The molecule has 0 saturated carbocycles. The van der Waals surface area contributed by atoms with Gasteiger partial charge in [-0.1, -0.05) is 22.9 Å². The average molecular weight is 289 g/mol. The second kappa shape index (κ2) is 5.80. The minimum atomic E-state index is -0.664. The van der Waals surface area contributed by atoms with Crippen LogP contribution < -0.4 is 5.32 Å². The fourth-order valence-electron chi connectivity index (χ4n) is 1.29. The van der Waals surface area contributed by atoms with Crippen molar-refractivity contribution in [3.8, 4) is 6.07 Å². The SMILES string of the molecule is CCC(CC#N)Nc1c(F)cc(Br)cc1F. The molecule has 0 aromatic heterocycles. The van der Waals surface area contributed by atoms with Crippen molar-refractivity contribution in [2.24, 2.45) is 0 Å². The summed E-state index contributed by atoms with van der Waals surface area (Å²) in [4.78, 5) is 0. The maximum absolute atomic E-state index is 13.4. The van der Waals surface area contributed by atoms with Gasteiger partial charge in [0.25, 0.3) is 0 Å². The maximum Gasteiger partial charge on any atom is 0.150 e. The average Bonchev–Trinajstić information content (AvgIpc) is 2.21. The van der Waals surface area contributed by atoms with Crippen LogP contribution in [0.25, 0.3) is 0 Å². The van der Waals surface area contributed by atoms with E-state index >= 15 is 0 Å². The monoisotopic (exact) mass is 288 g/mol. The summed E-state index contributed by atoms with van der Waals surface area (Å²) in [6, 6.07) is 4.10. The number of nitrogens with zero attached hydrogens (tertiary/aromatic N) is 1. The first-order valence-corrected chi connectivity index (χ1v) is 5.65. The van der Waals surface area contributed by atoms with Gasteiger partial charge in [0.2, 0.25) is 0 Å². The van der Waals surface area contributed by atoms with Gasteiger partial charge in [-0.25, -0.2) is 8.78 Å². The maximum atomic E-state index is 13.4. The molecular formula is C11H11BrF2N2. The Morgan fingerprint density at radius 1 is 1.44 bits per heavy atom. The van der Waals surface area contributed by atoms with E-state index in [1.807, 2.05) is 13.0 Å². The predicted octanol–water partition coefficient (Wildman–Crippen LogP) is 3.83. The highest BCUT2D eigenvalue weighted by atomic mass is 79.9. The highest BCUT2D eigenvalue weighted by Gasteiger charge is 2.14. The summed E-state index contributed by atoms with van der Waals surface area (Å²) >= 11 is 3.00. The van der Waals surface area contributed by atoms with Crippen molar-refractivity contribution < 1.29 is 8.78 Å². The Hall–Kier alpha value is -1.15. The van der Waals surface area contributed by atoms with Gasteiger partial charge in [0.15, 0.2) is 0 Å². The number of halogens is 3. The Kier molecular flexibility index (Phi) is 4.69. The quantitative estimate of drug-likeness (QED) is 0.914. The Balaban J connectivity index is 2.92. The minimum Gasteiger partial charge on any atom is -0.377 e. The second-order valence-corrected chi connectivity index (χ2v) is 4.27. The van der Waals surface area contributed by atoms with E-state index in [0.717, 1.165) is 0 Å². The van der Waals surface area contributed by atoms with Crippen molar-refractivity contribution in [2.45, 2.75) is 25.8 Å². The number of nitrogens with one attached hydrogen (secondary N) is 1. The molecule has 0 radical (unpaired) electrons. The summed E-state index contributed by atoms with van der Waals surface area (Å²) in [5.41, 5.74) is -0.176. The molecule has 5 heteroatoms. The molecule has 1 N–H and O–H groups in total. The molecule has 1 unspecified atom stereocenters. The largest absolute Gasteiger partial charge is 0.377 e. The molecule has 0 aliphatic carbocycles. The highest BCUT2D eigenvalue weighted by Crippen LogP contribution is 2.25. The van der Waals surface area contributed by atoms with Crippen LogP contribution in [0.1, 0.15) is 19.8 Å². The summed E-state index contributed by atoms with van der Waals surface area (Å²) in [6.45, 7) is 1.85. The van der Waals surface area contributed by atoms with E-state index in [1.165, 1.54) is 12.1 Å². The fraction of sp³-hybridized carbons (Fsp3) is 0.364. The number of benzene rings is 1. The topological polar surface area (TPSA) is 35.8 Å². The third-order valence-corrected chi connectivity index (χ3v) is 2.64. The molecule has 0 heterocycles. The molecule has 2 nitrogen and oxygen atoms in total. The molecule has 0 aliphatic rings. The summed E-state index contributed by atoms with van der Waals surface area (Å²) in [7, 11) is 0. The number of nitriles is 1. The van der Waals surface area contributed by atoms with Crippen molar-refractivity contribution in [2.75, 3.05) is 5.32 Å². The van der Waals surface area contributed by atoms with Crippen molar-refractivity contribution in [1.82, 2.24) is 0 Å². The van der Waals surface area contributed by atoms with Gasteiger partial charge in [0.05, 0.1) is 12.5 Å². The van der Waals surface area contributed by atoms with Crippen LogP contribution >= 0.6 is 15.9 Å². The first kappa shape index (κ1) is 12.9. The van der Waals surface area contributed by atoms with E-state index in [0.29, 0.717) is 10.9 Å². The normalized spacial score (nSPS) is 11.9. The Labute approximate surface area is 101 Å². The molecule has 1 rings (SSSR count). The fourth-order valence-corrected chi connectivity index (χ4v) is 1.69. The Morgan fingerprint density at radius 2 is 2.00 bits per heavy atom. The number of rotatable bonds is 4.